The van der Waals surface area contributed by atoms with Crippen molar-refractivity contribution in [1.29, 1.82) is 0 Å². The van der Waals surface area contributed by atoms with E-state index < -0.39 is 0 Å². The zero-order valence-electron chi connectivity index (χ0n) is 12.6. The van der Waals surface area contributed by atoms with Gasteiger partial charge in [0.2, 0.25) is 5.91 Å². The molecule has 1 aliphatic heterocycles. The highest BCUT2D eigenvalue weighted by atomic mass is 16.2. The van der Waals surface area contributed by atoms with Gasteiger partial charge in [0.25, 0.3) is 0 Å². The van der Waals surface area contributed by atoms with Gasteiger partial charge >= 0.3 is 0 Å². The molecule has 0 aromatic carbocycles. The van der Waals surface area contributed by atoms with E-state index >= 15 is 0 Å². The minimum Gasteiger partial charge on any atom is -0.324 e. The molecule has 1 amide bonds. The van der Waals surface area contributed by atoms with Gasteiger partial charge in [-0.2, -0.15) is 0 Å². The van der Waals surface area contributed by atoms with Crippen molar-refractivity contribution in [2.75, 3.05) is 20.1 Å². The van der Waals surface area contributed by atoms with Crippen LogP contribution in [0.25, 0.3) is 0 Å². The largest absolute Gasteiger partial charge is 0.324 e. The first-order valence-corrected chi connectivity index (χ1v) is 8.49. The summed E-state index contributed by atoms with van der Waals surface area (Å²) in [5.41, 5.74) is -0.134. The summed E-state index contributed by atoms with van der Waals surface area (Å²) in [7, 11) is 2.21. The molecule has 4 aliphatic rings. The predicted molar refractivity (Wildman–Crippen MR) is 78.2 cm³/mol. The quantitative estimate of drug-likeness (QED) is 0.828. The van der Waals surface area contributed by atoms with E-state index in [1.807, 2.05) is 0 Å². The monoisotopic (exact) mass is 277 g/mol. The molecule has 20 heavy (non-hydrogen) atoms. The summed E-state index contributed by atoms with van der Waals surface area (Å²) in [4.78, 5) is 17.3. The van der Waals surface area contributed by atoms with E-state index in [4.69, 9.17) is 0 Å². The van der Waals surface area contributed by atoms with Gasteiger partial charge < -0.3 is 9.80 Å². The van der Waals surface area contributed by atoms with Gasteiger partial charge in [-0.15, -0.1) is 0 Å². The predicted octanol–water partition coefficient (Wildman–Crippen LogP) is 1.56. The third kappa shape index (κ3) is 2.17. The average Bonchev–Trinajstić information content (AvgIpc) is 3.35. The van der Waals surface area contributed by atoms with Crippen LogP contribution in [0.4, 0.5) is 0 Å². The van der Waals surface area contributed by atoms with Gasteiger partial charge in [0.15, 0.2) is 0 Å². The molecule has 4 fully saturated rings. The van der Waals surface area contributed by atoms with E-state index in [0.29, 0.717) is 18.0 Å². The Hall–Kier alpha value is -0.610. The van der Waals surface area contributed by atoms with Crippen LogP contribution in [0.5, 0.6) is 0 Å². The molecule has 3 saturated carbocycles. The van der Waals surface area contributed by atoms with E-state index in [9.17, 15) is 4.79 Å². The van der Waals surface area contributed by atoms with Gasteiger partial charge in [0.05, 0.1) is 11.7 Å². The maximum absolute atomic E-state index is 12.7. The van der Waals surface area contributed by atoms with Crippen LogP contribution in [-0.2, 0) is 4.79 Å². The van der Waals surface area contributed by atoms with Crippen LogP contribution in [0.1, 0.15) is 51.4 Å². The minimum absolute atomic E-state index is 0.134. The molecule has 1 saturated heterocycles. The Kier molecular flexibility index (Phi) is 3.08. The van der Waals surface area contributed by atoms with Crippen LogP contribution in [0.15, 0.2) is 0 Å². The third-order valence-electron chi connectivity index (χ3n) is 5.89. The maximum Gasteiger partial charge on any atom is 0.244 e. The number of hydrogen-bond acceptors (Lipinski definition) is 3. The highest BCUT2D eigenvalue weighted by molar-refractivity contribution is 5.91. The van der Waals surface area contributed by atoms with Crippen LogP contribution in [-0.4, -0.2) is 53.6 Å². The number of likely N-dealkylation sites (N-methyl/N-ethyl adjacent to an activating group) is 1. The standard InChI is InChI=1S/C16H27N3O/c1-18(13-6-7-13)10-11-19-14(12-4-2-3-5-12)17-16(8-9-16)15(19)20/h12-14,17H,2-11H2,1H3. The van der Waals surface area contributed by atoms with Gasteiger partial charge in [-0.1, -0.05) is 12.8 Å². The van der Waals surface area contributed by atoms with Crippen LogP contribution in [0, 0.1) is 5.92 Å². The molecular weight excluding hydrogens is 250 g/mol. The molecule has 4 nitrogen and oxygen atoms in total. The van der Waals surface area contributed by atoms with Gasteiger partial charge in [-0.3, -0.25) is 10.1 Å². The third-order valence-corrected chi connectivity index (χ3v) is 5.89. The topological polar surface area (TPSA) is 35.6 Å². The van der Waals surface area contributed by atoms with Crippen molar-refractivity contribution in [3.8, 4) is 0 Å². The summed E-state index contributed by atoms with van der Waals surface area (Å²) in [5.74, 6) is 1.10. The number of nitrogens with zero attached hydrogens (tertiary/aromatic N) is 2. The van der Waals surface area contributed by atoms with Gasteiger partial charge in [0, 0.05) is 19.1 Å². The number of nitrogens with one attached hydrogen (secondary N) is 1. The lowest BCUT2D eigenvalue weighted by Crippen LogP contribution is -2.45. The molecular formula is C16H27N3O. The van der Waals surface area contributed by atoms with Crippen LogP contribution in [0.3, 0.4) is 0 Å². The van der Waals surface area contributed by atoms with Crippen molar-refractivity contribution in [1.82, 2.24) is 15.1 Å². The minimum atomic E-state index is -0.134. The van der Waals surface area contributed by atoms with E-state index in [1.54, 1.807) is 0 Å². The zero-order chi connectivity index (χ0) is 13.7. The molecule has 1 unspecified atom stereocenters. The molecule has 1 atom stereocenters. The van der Waals surface area contributed by atoms with Crippen molar-refractivity contribution in [2.24, 2.45) is 5.92 Å². The Bertz CT molecular complexity index is 397. The Morgan fingerprint density at radius 3 is 2.55 bits per heavy atom. The molecule has 1 N–H and O–H groups in total. The Morgan fingerprint density at radius 1 is 1.25 bits per heavy atom. The Balaban J connectivity index is 1.43. The van der Waals surface area contributed by atoms with Crippen molar-refractivity contribution >= 4 is 5.91 Å². The second kappa shape index (κ2) is 4.70. The molecule has 0 bridgehead atoms. The molecule has 4 heteroatoms. The summed E-state index contributed by atoms with van der Waals surface area (Å²) in [6.07, 6.45) is 10.4. The lowest BCUT2D eigenvalue weighted by Gasteiger charge is -2.30. The molecule has 3 aliphatic carbocycles. The highest BCUT2D eigenvalue weighted by Crippen LogP contribution is 2.45. The molecule has 0 aromatic heterocycles. The average molecular weight is 277 g/mol. The fourth-order valence-electron chi connectivity index (χ4n) is 4.16. The van der Waals surface area contributed by atoms with E-state index in [1.165, 1.54) is 38.5 Å². The van der Waals surface area contributed by atoms with Crippen molar-refractivity contribution < 1.29 is 4.79 Å². The van der Waals surface area contributed by atoms with Crippen LogP contribution >= 0.6 is 0 Å². The number of hydrogen-bond donors (Lipinski definition) is 1. The Labute approximate surface area is 121 Å². The van der Waals surface area contributed by atoms with Gasteiger partial charge in [0.1, 0.15) is 0 Å². The van der Waals surface area contributed by atoms with E-state index in [0.717, 1.165) is 32.0 Å². The van der Waals surface area contributed by atoms with Crippen molar-refractivity contribution in [2.45, 2.75) is 69.1 Å². The highest BCUT2D eigenvalue weighted by Gasteiger charge is 2.60. The summed E-state index contributed by atoms with van der Waals surface area (Å²) in [5, 5.41) is 3.71. The van der Waals surface area contributed by atoms with E-state index in [-0.39, 0.29) is 5.54 Å². The van der Waals surface area contributed by atoms with Crippen molar-refractivity contribution in [3.63, 3.8) is 0 Å². The second-order valence-electron chi connectivity index (χ2n) is 7.43. The molecule has 4 rings (SSSR count). The molecule has 0 radical (unpaired) electrons. The summed E-state index contributed by atoms with van der Waals surface area (Å²) in [6.45, 7) is 1.96. The zero-order valence-corrected chi connectivity index (χ0v) is 12.6. The first-order valence-electron chi connectivity index (χ1n) is 8.49. The molecule has 0 aromatic rings. The number of carbonyl (C=O) groups is 1. The molecule has 1 heterocycles. The Morgan fingerprint density at radius 2 is 1.95 bits per heavy atom. The second-order valence-corrected chi connectivity index (χ2v) is 7.43. The molecule has 112 valence electrons. The lowest BCUT2D eigenvalue weighted by molar-refractivity contribution is -0.131. The van der Waals surface area contributed by atoms with Crippen LogP contribution in [0.2, 0.25) is 0 Å². The van der Waals surface area contributed by atoms with Crippen LogP contribution < -0.4 is 5.32 Å². The fourth-order valence-corrected chi connectivity index (χ4v) is 4.16. The SMILES string of the molecule is CN(CCN1C(=O)C2(CC2)NC1C1CCCC1)C1CC1. The summed E-state index contributed by atoms with van der Waals surface area (Å²) in [6, 6.07) is 0.792. The number of carbonyl (C=O) groups excluding carboxylic acids is 1. The van der Waals surface area contributed by atoms with Gasteiger partial charge in [-0.05, 0) is 51.5 Å². The van der Waals surface area contributed by atoms with Crippen molar-refractivity contribution in [3.05, 3.63) is 0 Å². The summed E-state index contributed by atoms with van der Waals surface area (Å²) < 4.78 is 0. The smallest absolute Gasteiger partial charge is 0.244 e. The first-order chi connectivity index (χ1) is 9.70. The number of rotatable bonds is 5. The number of amides is 1. The summed E-state index contributed by atoms with van der Waals surface area (Å²) >= 11 is 0. The van der Waals surface area contributed by atoms with Gasteiger partial charge in [-0.25, -0.2) is 0 Å². The maximum atomic E-state index is 12.7. The normalized spacial score (nSPS) is 32.8. The first kappa shape index (κ1) is 13.1. The lowest BCUT2D eigenvalue weighted by atomic mass is 10.0. The fraction of sp³-hybridized carbons (Fsp3) is 0.938. The van der Waals surface area contributed by atoms with E-state index in [2.05, 4.69) is 22.2 Å². The molecule has 1 spiro atoms.